The van der Waals surface area contributed by atoms with Crippen LogP contribution in [-0.2, 0) is 11.8 Å². The lowest BCUT2D eigenvalue weighted by atomic mass is 10.2. The van der Waals surface area contributed by atoms with Crippen molar-refractivity contribution in [1.82, 2.24) is 9.36 Å². The third-order valence-corrected chi connectivity index (χ3v) is 7.98. The number of thioether (sulfide) groups is 1. The number of rotatable bonds is 9. The maximum absolute atomic E-state index is 14.0. The number of amidine groups is 1. The van der Waals surface area contributed by atoms with Crippen LogP contribution >= 0.6 is 11.8 Å². The Hall–Kier alpha value is -5.23. The SMILES string of the molecule is COc1ccc(/C=C2\S/C(=N\N=C\c3ccc(OC)c(OC)c3)N(c3c(C)n(C)n(-c4ccccc4)c3=O)C2=O)cc1OC. The van der Waals surface area contributed by atoms with Crippen molar-refractivity contribution < 1.29 is 23.7 Å². The summed E-state index contributed by atoms with van der Waals surface area (Å²) in [5, 5.41) is 8.91. The van der Waals surface area contributed by atoms with E-state index in [9.17, 15) is 9.59 Å². The van der Waals surface area contributed by atoms with Crippen LogP contribution in [0.1, 0.15) is 16.8 Å². The lowest BCUT2D eigenvalue weighted by molar-refractivity contribution is -0.113. The second kappa shape index (κ2) is 13.0. The van der Waals surface area contributed by atoms with Crippen LogP contribution in [0.4, 0.5) is 5.69 Å². The van der Waals surface area contributed by atoms with E-state index in [2.05, 4.69) is 10.2 Å². The number of nitrogens with zero attached hydrogens (tertiary/aromatic N) is 5. The molecule has 0 N–H and O–H groups in total. The summed E-state index contributed by atoms with van der Waals surface area (Å²) in [6.45, 7) is 1.79. The molecule has 0 atom stereocenters. The van der Waals surface area contributed by atoms with Gasteiger partial charge >= 0.3 is 0 Å². The van der Waals surface area contributed by atoms with Gasteiger partial charge in [0.05, 0.1) is 50.9 Å². The fourth-order valence-electron chi connectivity index (χ4n) is 4.72. The molecule has 0 saturated carbocycles. The minimum Gasteiger partial charge on any atom is -0.493 e. The molecule has 44 heavy (non-hydrogen) atoms. The number of carbonyl (C=O) groups is 1. The third-order valence-electron chi connectivity index (χ3n) is 7.02. The van der Waals surface area contributed by atoms with Crippen LogP contribution in [0.3, 0.4) is 0 Å². The Labute approximate surface area is 258 Å². The molecule has 1 aromatic heterocycles. The van der Waals surface area contributed by atoms with Gasteiger partial charge in [-0.05, 0) is 78.4 Å². The topological polar surface area (TPSA) is 109 Å². The average Bonchev–Trinajstić information content (AvgIpc) is 3.46. The van der Waals surface area contributed by atoms with Crippen molar-refractivity contribution in [3.05, 3.63) is 98.8 Å². The van der Waals surface area contributed by atoms with Crippen LogP contribution < -0.4 is 29.4 Å². The molecule has 0 unspecified atom stereocenters. The first kappa shape index (κ1) is 30.2. The molecule has 1 fully saturated rings. The molecule has 3 aromatic carbocycles. The fraction of sp³-hybridized carbons (Fsp3) is 0.188. The standard InChI is InChI=1S/C32H31N5O6S/c1-20-29(31(39)37(35(20)2)23-10-8-7-9-11-23)36-30(38)28(18-21-12-14-24(40-3)26(16-21)42-5)44-32(36)34-33-19-22-13-15-25(41-4)27(17-22)43-6/h7-19H,1-6H3/b28-18-,33-19+,34-32-. The number of anilines is 1. The van der Waals surface area contributed by atoms with Gasteiger partial charge < -0.3 is 18.9 Å². The van der Waals surface area contributed by atoms with Crippen molar-refractivity contribution >= 4 is 40.8 Å². The Kier molecular flexibility index (Phi) is 8.91. The van der Waals surface area contributed by atoms with E-state index >= 15 is 0 Å². The van der Waals surface area contributed by atoms with Gasteiger partial charge in [0.2, 0.25) is 5.17 Å². The monoisotopic (exact) mass is 613 g/mol. The molecule has 4 aromatic rings. The summed E-state index contributed by atoms with van der Waals surface area (Å²) in [5.74, 6) is 1.80. The summed E-state index contributed by atoms with van der Waals surface area (Å²) >= 11 is 1.12. The molecule has 1 aliphatic rings. The van der Waals surface area contributed by atoms with Crippen molar-refractivity contribution in [3.63, 3.8) is 0 Å². The summed E-state index contributed by atoms with van der Waals surface area (Å²) in [7, 11) is 7.98. The Morgan fingerprint density at radius 3 is 1.98 bits per heavy atom. The molecule has 1 saturated heterocycles. The van der Waals surface area contributed by atoms with Crippen molar-refractivity contribution in [2.24, 2.45) is 17.3 Å². The lowest BCUT2D eigenvalue weighted by Crippen LogP contribution is -2.33. The van der Waals surface area contributed by atoms with E-state index in [-0.39, 0.29) is 16.4 Å². The molecule has 0 aliphatic carbocycles. The van der Waals surface area contributed by atoms with Crippen molar-refractivity contribution in [1.29, 1.82) is 0 Å². The van der Waals surface area contributed by atoms with Gasteiger partial charge in [-0.3, -0.25) is 14.3 Å². The van der Waals surface area contributed by atoms with Crippen LogP contribution in [0.5, 0.6) is 23.0 Å². The van der Waals surface area contributed by atoms with E-state index in [0.717, 1.165) is 11.8 Å². The molecule has 0 radical (unpaired) electrons. The number of methoxy groups -OCH3 is 4. The summed E-state index contributed by atoms with van der Waals surface area (Å²) in [6, 6.07) is 19.9. The molecule has 0 spiro atoms. The summed E-state index contributed by atoms with van der Waals surface area (Å²) < 4.78 is 24.7. The minimum atomic E-state index is -0.407. The highest BCUT2D eigenvalue weighted by Crippen LogP contribution is 2.38. The van der Waals surface area contributed by atoms with Gasteiger partial charge in [-0.2, -0.15) is 5.10 Å². The summed E-state index contributed by atoms with van der Waals surface area (Å²) in [6.07, 6.45) is 3.25. The van der Waals surface area contributed by atoms with Crippen LogP contribution in [0.25, 0.3) is 11.8 Å². The highest BCUT2D eigenvalue weighted by Gasteiger charge is 2.39. The summed E-state index contributed by atoms with van der Waals surface area (Å²) in [4.78, 5) is 29.6. The van der Waals surface area contributed by atoms with E-state index in [4.69, 9.17) is 18.9 Å². The van der Waals surface area contributed by atoms with Gasteiger partial charge in [-0.1, -0.05) is 24.3 Å². The minimum absolute atomic E-state index is 0.185. The number of para-hydroxylation sites is 1. The number of amides is 1. The second-order valence-corrected chi connectivity index (χ2v) is 10.5. The molecule has 12 heteroatoms. The van der Waals surface area contributed by atoms with Crippen LogP contribution in [0.2, 0.25) is 0 Å². The third kappa shape index (κ3) is 5.71. The Morgan fingerprint density at radius 1 is 0.773 bits per heavy atom. The van der Waals surface area contributed by atoms with Gasteiger partial charge in [0.25, 0.3) is 11.5 Å². The number of carbonyl (C=O) groups excluding carboxylic acids is 1. The van der Waals surface area contributed by atoms with Gasteiger partial charge in [0.15, 0.2) is 23.0 Å². The van der Waals surface area contributed by atoms with Crippen LogP contribution in [0, 0.1) is 6.92 Å². The molecule has 2 heterocycles. The molecule has 11 nitrogen and oxygen atoms in total. The fourth-order valence-corrected chi connectivity index (χ4v) is 5.65. The first-order valence-corrected chi connectivity index (χ1v) is 14.3. The predicted molar refractivity (Wildman–Crippen MR) is 173 cm³/mol. The molecular weight excluding hydrogens is 582 g/mol. The number of hydrogen-bond donors (Lipinski definition) is 0. The average molecular weight is 614 g/mol. The van der Waals surface area contributed by atoms with Crippen molar-refractivity contribution in [2.75, 3.05) is 33.3 Å². The van der Waals surface area contributed by atoms with E-state index in [0.29, 0.717) is 50.4 Å². The molecule has 5 rings (SSSR count). The Morgan fingerprint density at radius 2 is 1.36 bits per heavy atom. The van der Waals surface area contributed by atoms with Gasteiger partial charge in [-0.15, -0.1) is 5.10 Å². The number of ether oxygens (including phenoxy) is 4. The lowest BCUT2D eigenvalue weighted by Gasteiger charge is -2.13. The first-order chi connectivity index (χ1) is 21.3. The Balaban J connectivity index is 1.60. The normalized spacial score (nSPS) is 15.0. The number of benzene rings is 3. The predicted octanol–water partition coefficient (Wildman–Crippen LogP) is 5.03. The number of aromatic nitrogens is 2. The highest BCUT2D eigenvalue weighted by atomic mass is 32.2. The Bertz CT molecular complexity index is 1860. The van der Waals surface area contributed by atoms with Crippen LogP contribution in [0.15, 0.2) is 86.6 Å². The van der Waals surface area contributed by atoms with E-state index in [1.54, 1.807) is 83.5 Å². The van der Waals surface area contributed by atoms with Gasteiger partial charge in [-0.25, -0.2) is 9.58 Å². The quantitative estimate of drug-likeness (QED) is 0.148. The van der Waals surface area contributed by atoms with Crippen LogP contribution in [-0.4, -0.2) is 55.1 Å². The second-order valence-electron chi connectivity index (χ2n) is 9.52. The maximum Gasteiger partial charge on any atom is 0.296 e. The molecular formula is C32H31N5O6S. The molecule has 1 aliphatic heterocycles. The van der Waals surface area contributed by atoms with E-state index in [1.165, 1.54) is 15.8 Å². The highest BCUT2D eigenvalue weighted by molar-refractivity contribution is 8.19. The zero-order valence-corrected chi connectivity index (χ0v) is 25.9. The molecule has 1 amide bonds. The zero-order chi connectivity index (χ0) is 31.4. The maximum atomic E-state index is 14.0. The summed E-state index contributed by atoms with van der Waals surface area (Å²) in [5.41, 5.74) is 2.48. The van der Waals surface area contributed by atoms with Gasteiger partial charge in [0.1, 0.15) is 5.69 Å². The first-order valence-electron chi connectivity index (χ1n) is 13.4. The largest absolute Gasteiger partial charge is 0.493 e. The smallest absolute Gasteiger partial charge is 0.296 e. The van der Waals surface area contributed by atoms with E-state index in [1.807, 2.05) is 36.4 Å². The van der Waals surface area contributed by atoms with Crippen molar-refractivity contribution in [2.45, 2.75) is 6.92 Å². The number of hydrogen-bond acceptors (Lipinski definition) is 9. The van der Waals surface area contributed by atoms with Crippen molar-refractivity contribution in [3.8, 4) is 28.7 Å². The van der Waals surface area contributed by atoms with E-state index < -0.39 is 5.91 Å². The zero-order valence-electron chi connectivity index (χ0n) is 25.1. The van der Waals surface area contributed by atoms with Gasteiger partial charge in [0, 0.05) is 7.05 Å². The molecule has 0 bridgehead atoms. The molecule has 226 valence electrons.